The molecule has 1 aliphatic carbocycles. The van der Waals surface area contributed by atoms with Crippen molar-refractivity contribution in [2.45, 2.75) is 50.4 Å². The summed E-state index contributed by atoms with van der Waals surface area (Å²) in [6, 6.07) is 22.2. The minimum atomic E-state index is 0.127. The normalized spacial score (nSPS) is 27.5. The molecule has 0 radical (unpaired) electrons. The van der Waals surface area contributed by atoms with Crippen LogP contribution in [0.4, 0.5) is 4.79 Å². The summed E-state index contributed by atoms with van der Waals surface area (Å²) < 4.78 is 0. The average molecular weight is 402 g/mol. The number of benzene rings is 2. The first-order valence-corrected chi connectivity index (χ1v) is 11.3. The maximum Gasteiger partial charge on any atom is 0.318 e. The van der Waals surface area contributed by atoms with Gasteiger partial charge in [0.25, 0.3) is 0 Å². The second kappa shape index (κ2) is 8.65. The largest absolute Gasteiger partial charge is 0.335 e. The first kappa shape index (κ1) is 19.4. The van der Waals surface area contributed by atoms with Gasteiger partial charge in [0, 0.05) is 37.6 Å². The third kappa shape index (κ3) is 3.89. The Balaban J connectivity index is 1.34. The van der Waals surface area contributed by atoms with Gasteiger partial charge in [-0.15, -0.1) is 0 Å². The van der Waals surface area contributed by atoms with Gasteiger partial charge < -0.3 is 10.2 Å². The predicted molar refractivity (Wildman–Crippen MR) is 120 cm³/mol. The molecule has 3 atom stereocenters. The number of urea groups is 1. The summed E-state index contributed by atoms with van der Waals surface area (Å²) in [6.45, 7) is 3.08. The van der Waals surface area contributed by atoms with Crippen molar-refractivity contribution in [2.75, 3.05) is 13.1 Å². The Morgan fingerprint density at radius 1 is 0.867 bits per heavy atom. The number of hydrogen-bond acceptors (Lipinski definition) is 2. The van der Waals surface area contributed by atoms with Gasteiger partial charge >= 0.3 is 6.03 Å². The lowest BCUT2D eigenvalue weighted by Crippen LogP contribution is -2.62. The van der Waals surface area contributed by atoms with Gasteiger partial charge in [0.1, 0.15) is 0 Å². The fourth-order valence-electron chi connectivity index (χ4n) is 5.56. The van der Waals surface area contributed by atoms with E-state index in [1.807, 2.05) is 0 Å². The first-order valence-electron chi connectivity index (χ1n) is 11.3. The highest BCUT2D eigenvalue weighted by atomic mass is 16.2. The summed E-state index contributed by atoms with van der Waals surface area (Å²) in [7, 11) is 0. The molecule has 2 heterocycles. The Hall–Kier alpha value is -2.59. The molecule has 2 fully saturated rings. The molecule has 2 aromatic carbocycles. The highest BCUT2D eigenvalue weighted by Crippen LogP contribution is 2.42. The second-order valence-electron chi connectivity index (χ2n) is 8.92. The van der Waals surface area contributed by atoms with Gasteiger partial charge in [-0.2, -0.15) is 0 Å². The van der Waals surface area contributed by atoms with Gasteiger partial charge in [-0.1, -0.05) is 72.8 Å². The van der Waals surface area contributed by atoms with E-state index in [1.165, 1.54) is 11.1 Å². The van der Waals surface area contributed by atoms with Crippen LogP contribution in [-0.4, -0.2) is 41.0 Å². The fourth-order valence-corrected chi connectivity index (χ4v) is 5.56. The van der Waals surface area contributed by atoms with Crippen molar-refractivity contribution >= 4 is 6.03 Å². The predicted octanol–water partition coefficient (Wildman–Crippen LogP) is 4.75. The number of likely N-dealkylation sites (tertiary alicyclic amines) is 1. The zero-order chi connectivity index (χ0) is 20.3. The summed E-state index contributed by atoms with van der Waals surface area (Å²) in [5.74, 6) is 0.442. The molecule has 4 nitrogen and oxygen atoms in total. The van der Waals surface area contributed by atoms with E-state index < -0.39 is 0 Å². The van der Waals surface area contributed by atoms with Crippen molar-refractivity contribution in [2.24, 2.45) is 5.92 Å². The number of nitrogens with one attached hydrogen (secondary N) is 1. The molecule has 4 heteroatoms. The summed E-state index contributed by atoms with van der Waals surface area (Å²) in [4.78, 5) is 18.0. The molecule has 3 aliphatic rings. The van der Waals surface area contributed by atoms with Crippen LogP contribution in [0.3, 0.4) is 0 Å². The van der Waals surface area contributed by atoms with Crippen LogP contribution in [-0.2, 0) is 6.54 Å². The molecule has 0 spiro atoms. The van der Waals surface area contributed by atoms with E-state index in [-0.39, 0.29) is 18.1 Å². The average Bonchev–Trinajstić information content (AvgIpc) is 2.80. The number of carbonyl (C=O) groups is 1. The number of piperidine rings is 1. The van der Waals surface area contributed by atoms with E-state index in [0.717, 1.165) is 45.3 Å². The molecule has 0 aromatic heterocycles. The zero-order valence-corrected chi connectivity index (χ0v) is 17.5. The lowest BCUT2D eigenvalue weighted by atomic mass is 9.77. The molecular formula is C26H31N3O. The Bertz CT molecular complexity index is 874. The van der Waals surface area contributed by atoms with Gasteiger partial charge in [0.2, 0.25) is 0 Å². The molecule has 2 aromatic rings. The Morgan fingerprint density at radius 3 is 2.27 bits per heavy atom. The molecule has 30 heavy (non-hydrogen) atoms. The number of hydrogen-bond donors (Lipinski definition) is 1. The van der Waals surface area contributed by atoms with Crippen molar-refractivity contribution in [3.05, 3.63) is 83.9 Å². The van der Waals surface area contributed by atoms with Crippen molar-refractivity contribution < 1.29 is 4.79 Å². The van der Waals surface area contributed by atoms with Crippen LogP contribution in [0.2, 0.25) is 0 Å². The number of fused-ring (bicyclic) bond motifs is 1. The van der Waals surface area contributed by atoms with E-state index in [4.69, 9.17) is 0 Å². The van der Waals surface area contributed by atoms with Gasteiger partial charge in [-0.05, 0) is 36.8 Å². The van der Waals surface area contributed by atoms with E-state index in [0.29, 0.717) is 12.0 Å². The lowest BCUT2D eigenvalue weighted by Gasteiger charge is -2.51. The molecule has 0 saturated carbocycles. The number of rotatable bonds is 4. The smallest absolute Gasteiger partial charge is 0.318 e. The van der Waals surface area contributed by atoms with Crippen LogP contribution in [0.1, 0.15) is 42.9 Å². The molecule has 2 saturated heterocycles. The number of amides is 2. The van der Waals surface area contributed by atoms with Crippen molar-refractivity contribution in [3.8, 4) is 0 Å². The highest BCUT2D eigenvalue weighted by Gasteiger charge is 2.45. The van der Waals surface area contributed by atoms with Crippen LogP contribution in [0.5, 0.6) is 0 Å². The van der Waals surface area contributed by atoms with E-state index in [2.05, 4.69) is 87.9 Å². The van der Waals surface area contributed by atoms with Crippen LogP contribution in [0, 0.1) is 5.92 Å². The molecule has 5 rings (SSSR count). The molecule has 2 aliphatic heterocycles. The minimum Gasteiger partial charge on any atom is -0.335 e. The van der Waals surface area contributed by atoms with Crippen LogP contribution >= 0.6 is 0 Å². The quantitative estimate of drug-likeness (QED) is 0.751. The minimum absolute atomic E-state index is 0.127. The standard InChI is InChI=1S/C26H31N3O/c30-26-27-24-14-8-7-13-23(24)25(21-11-5-2-6-12-21)29(26)22-15-17-28(18-16-22)19-20-9-3-1-4-10-20/h1-12,22-25H,13-19H2,(H,27,30)/t23-,24+,25?/m0/s1. The zero-order valence-electron chi connectivity index (χ0n) is 17.5. The molecule has 1 N–H and O–H groups in total. The third-order valence-corrected chi connectivity index (χ3v) is 7.07. The lowest BCUT2D eigenvalue weighted by molar-refractivity contribution is 0.0383. The summed E-state index contributed by atoms with van der Waals surface area (Å²) in [5.41, 5.74) is 2.65. The number of nitrogens with zero attached hydrogens (tertiary/aromatic N) is 2. The Kier molecular flexibility index (Phi) is 5.58. The Morgan fingerprint density at radius 2 is 1.53 bits per heavy atom. The Labute approximate surface area is 179 Å². The monoisotopic (exact) mass is 401 g/mol. The molecular weight excluding hydrogens is 370 g/mol. The van der Waals surface area contributed by atoms with Gasteiger partial charge in [-0.25, -0.2) is 4.79 Å². The second-order valence-corrected chi connectivity index (χ2v) is 8.92. The maximum absolute atomic E-state index is 13.3. The summed E-state index contributed by atoms with van der Waals surface area (Å²) in [5, 5.41) is 3.34. The molecule has 2 amide bonds. The summed E-state index contributed by atoms with van der Waals surface area (Å²) >= 11 is 0. The van der Waals surface area contributed by atoms with Crippen molar-refractivity contribution in [1.82, 2.24) is 15.1 Å². The summed E-state index contributed by atoms with van der Waals surface area (Å²) in [6.07, 6.45) is 8.58. The van der Waals surface area contributed by atoms with E-state index in [9.17, 15) is 4.79 Å². The molecule has 0 bridgehead atoms. The van der Waals surface area contributed by atoms with Crippen molar-refractivity contribution in [1.29, 1.82) is 0 Å². The van der Waals surface area contributed by atoms with Crippen LogP contribution < -0.4 is 5.32 Å². The van der Waals surface area contributed by atoms with Gasteiger partial charge in [-0.3, -0.25) is 4.90 Å². The fraction of sp³-hybridized carbons (Fsp3) is 0.423. The van der Waals surface area contributed by atoms with Crippen LogP contribution in [0.15, 0.2) is 72.8 Å². The van der Waals surface area contributed by atoms with Gasteiger partial charge in [0.15, 0.2) is 0 Å². The maximum atomic E-state index is 13.3. The van der Waals surface area contributed by atoms with Gasteiger partial charge in [0.05, 0.1) is 6.04 Å². The van der Waals surface area contributed by atoms with E-state index >= 15 is 0 Å². The number of carbonyl (C=O) groups excluding carboxylic acids is 1. The van der Waals surface area contributed by atoms with E-state index in [1.54, 1.807) is 0 Å². The number of allylic oxidation sites excluding steroid dienone is 1. The first-order chi connectivity index (χ1) is 14.8. The highest BCUT2D eigenvalue weighted by molar-refractivity contribution is 5.77. The topological polar surface area (TPSA) is 35.6 Å². The van der Waals surface area contributed by atoms with Crippen LogP contribution in [0.25, 0.3) is 0 Å². The molecule has 1 unspecified atom stereocenters. The van der Waals surface area contributed by atoms with Crippen molar-refractivity contribution in [3.63, 3.8) is 0 Å². The molecule has 156 valence electrons. The third-order valence-electron chi connectivity index (χ3n) is 7.07. The SMILES string of the molecule is O=C1N[C@@H]2CC=CC[C@@H]2C(c2ccccc2)N1C1CCN(Cc2ccccc2)CC1.